The highest BCUT2D eigenvalue weighted by Gasteiger charge is 2.51. The van der Waals surface area contributed by atoms with Gasteiger partial charge in [0.05, 0.1) is 18.3 Å². The minimum absolute atomic E-state index is 0.0731. The molecule has 3 aromatic rings. The molecule has 5 aliphatic carbocycles. The molecule has 4 bridgehead atoms. The van der Waals surface area contributed by atoms with E-state index in [1.165, 1.54) is 84.7 Å². The lowest BCUT2D eigenvalue weighted by Gasteiger charge is -2.56. The van der Waals surface area contributed by atoms with E-state index in [9.17, 15) is 10.2 Å². The number of β-amino-alcohol motifs (C(OH)–C–C–N with tert-alkyl or cyclic N) is 2. The average Bonchev–Trinajstić information content (AvgIpc) is 3.12. The summed E-state index contributed by atoms with van der Waals surface area (Å²) in [5.74, 6) is 4.06. The van der Waals surface area contributed by atoms with Crippen molar-refractivity contribution in [3.05, 3.63) is 100 Å². The normalized spacial score (nSPS) is 30.7. The average molecular weight is 706 g/mol. The second-order valence-electron chi connectivity index (χ2n) is 17.7. The zero-order valence-electron chi connectivity index (χ0n) is 30.9. The van der Waals surface area contributed by atoms with Crippen molar-refractivity contribution in [2.24, 2.45) is 17.8 Å². The molecular weight excluding hydrogens is 647 g/mol. The summed E-state index contributed by atoms with van der Waals surface area (Å²) in [5.41, 5.74) is 8.48. The molecule has 278 valence electrons. The number of nitrogens with zero attached hydrogens (tertiary/aromatic N) is 2. The number of rotatable bonds is 14. The Bertz CT molecular complexity index is 1650. The fourth-order valence-electron chi connectivity index (χ4n) is 11.2. The molecule has 2 aliphatic heterocycles. The van der Waals surface area contributed by atoms with Gasteiger partial charge in [-0.2, -0.15) is 0 Å². The van der Waals surface area contributed by atoms with Crippen LogP contribution in [0.15, 0.2) is 66.7 Å². The first-order valence-corrected chi connectivity index (χ1v) is 20.5. The smallest absolute Gasteiger partial charge is 0.119 e. The van der Waals surface area contributed by atoms with Crippen LogP contribution in [0.5, 0.6) is 5.75 Å². The molecule has 2 unspecified atom stereocenters. The summed E-state index contributed by atoms with van der Waals surface area (Å²) in [4.78, 5) is 4.75. The Kier molecular flexibility index (Phi) is 10.2. The lowest BCUT2D eigenvalue weighted by Crippen LogP contribution is -2.53. The van der Waals surface area contributed by atoms with Crippen LogP contribution in [0.3, 0.4) is 0 Å². The third-order valence-corrected chi connectivity index (χ3v) is 13.6. The molecule has 3 aromatic carbocycles. The fourth-order valence-corrected chi connectivity index (χ4v) is 11.2. The summed E-state index contributed by atoms with van der Waals surface area (Å²) in [6.45, 7) is 6.75. The molecular formula is C45H59N3O4. The number of nitrogens with one attached hydrogen (secondary N) is 1. The SMILES string of the molecule is OC(COc1cccc(CNC2CC(c3ccc4c(c3)CCN(CC(O)COC35CC6CC(CC(C6)C3)C5)C4)C2)c1)CN1CCc2ccccc2C1. The molecule has 7 nitrogen and oxygen atoms in total. The monoisotopic (exact) mass is 705 g/mol. The van der Waals surface area contributed by atoms with Gasteiger partial charge < -0.3 is 25.0 Å². The molecule has 7 heteroatoms. The van der Waals surface area contributed by atoms with Crippen molar-refractivity contribution in [3.8, 4) is 5.75 Å². The Balaban J connectivity index is 0.684. The van der Waals surface area contributed by atoms with Gasteiger partial charge >= 0.3 is 0 Å². The second kappa shape index (κ2) is 15.2. The maximum absolute atomic E-state index is 11.0. The van der Waals surface area contributed by atoms with E-state index in [1.54, 1.807) is 0 Å². The van der Waals surface area contributed by atoms with Gasteiger partial charge in [0.25, 0.3) is 0 Å². The van der Waals surface area contributed by atoms with Crippen molar-refractivity contribution >= 4 is 0 Å². The van der Waals surface area contributed by atoms with Gasteiger partial charge in [-0.1, -0.05) is 54.6 Å². The van der Waals surface area contributed by atoms with Gasteiger partial charge in [-0.05, 0) is 133 Å². The molecule has 3 N–H and O–H groups in total. The summed E-state index contributed by atoms with van der Waals surface area (Å²) < 4.78 is 12.6. The molecule has 0 saturated heterocycles. The Labute approximate surface area is 310 Å². The van der Waals surface area contributed by atoms with Crippen LogP contribution in [0, 0.1) is 17.8 Å². The van der Waals surface area contributed by atoms with Crippen molar-refractivity contribution in [3.63, 3.8) is 0 Å². The van der Waals surface area contributed by atoms with Crippen molar-refractivity contribution in [1.82, 2.24) is 15.1 Å². The van der Waals surface area contributed by atoms with E-state index >= 15 is 0 Å². The van der Waals surface area contributed by atoms with E-state index in [0.717, 1.165) is 69.1 Å². The highest BCUT2D eigenvalue weighted by Crippen LogP contribution is 2.57. The third-order valence-electron chi connectivity index (χ3n) is 13.6. The molecule has 10 rings (SSSR count). The van der Waals surface area contributed by atoms with Gasteiger partial charge in [-0.3, -0.25) is 9.80 Å². The van der Waals surface area contributed by atoms with Crippen LogP contribution in [-0.2, 0) is 37.2 Å². The van der Waals surface area contributed by atoms with E-state index < -0.39 is 12.2 Å². The Hall–Kier alpha value is -2.78. The van der Waals surface area contributed by atoms with Crippen LogP contribution in [-0.4, -0.2) is 83.3 Å². The van der Waals surface area contributed by atoms with Crippen molar-refractivity contribution in [2.45, 2.75) is 114 Å². The van der Waals surface area contributed by atoms with E-state index in [4.69, 9.17) is 9.47 Å². The minimum atomic E-state index is -0.518. The zero-order valence-corrected chi connectivity index (χ0v) is 30.9. The second-order valence-corrected chi connectivity index (χ2v) is 17.7. The quantitative estimate of drug-likeness (QED) is 0.184. The van der Waals surface area contributed by atoms with Gasteiger partial charge in [0.15, 0.2) is 0 Å². The topological polar surface area (TPSA) is 77.4 Å². The van der Waals surface area contributed by atoms with Gasteiger partial charge in [0.1, 0.15) is 18.5 Å². The van der Waals surface area contributed by atoms with E-state index in [0.29, 0.717) is 38.3 Å². The van der Waals surface area contributed by atoms with Crippen LogP contribution < -0.4 is 10.1 Å². The highest BCUT2D eigenvalue weighted by atomic mass is 16.5. The standard InChI is InChI=1S/C45H59N3O4/c49-42(27-47-12-10-35-5-1-2-6-38(35)25-47)29-51-44-7-3-4-31(17-44)24-46-41-19-40(20-41)36-8-9-39-26-48(13-11-37(39)18-36)28-43(50)30-52-45-21-32-14-33(22-45)16-34(15-32)23-45/h1-9,17-18,32-34,40-43,46,49-50H,10-16,19-30H2. The van der Waals surface area contributed by atoms with Crippen LogP contribution >= 0.6 is 0 Å². The summed E-state index contributed by atoms with van der Waals surface area (Å²) in [5, 5.41) is 25.5. The Morgan fingerprint density at radius 1 is 0.692 bits per heavy atom. The highest BCUT2D eigenvalue weighted by molar-refractivity contribution is 5.37. The fraction of sp³-hybridized carbons (Fsp3) is 0.600. The lowest BCUT2D eigenvalue weighted by atomic mass is 9.54. The molecule has 0 aromatic heterocycles. The van der Waals surface area contributed by atoms with Gasteiger partial charge in [0, 0.05) is 51.9 Å². The van der Waals surface area contributed by atoms with Crippen LogP contribution in [0.2, 0.25) is 0 Å². The number of ether oxygens (including phenoxy) is 2. The predicted octanol–water partition coefficient (Wildman–Crippen LogP) is 6.22. The maximum atomic E-state index is 11.0. The summed E-state index contributed by atoms with van der Waals surface area (Å²) in [6.07, 6.45) is 11.5. The summed E-state index contributed by atoms with van der Waals surface area (Å²) in [7, 11) is 0. The number of aliphatic hydroxyl groups is 2. The molecule has 2 heterocycles. The predicted molar refractivity (Wildman–Crippen MR) is 204 cm³/mol. The molecule has 0 radical (unpaired) electrons. The molecule has 5 fully saturated rings. The summed E-state index contributed by atoms with van der Waals surface area (Å²) in [6, 6.07) is 24.6. The first kappa shape index (κ1) is 35.0. The third kappa shape index (κ3) is 8.01. The van der Waals surface area contributed by atoms with Gasteiger partial charge in [-0.25, -0.2) is 0 Å². The number of hydrogen-bond donors (Lipinski definition) is 3. The van der Waals surface area contributed by atoms with Crippen molar-refractivity contribution in [1.29, 1.82) is 0 Å². The molecule has 7 aliphatic rings. The summed E-state index contributed by atoms with van der Waals surface area (Å²) >= 11 is 0. The molecule has 2 atom stereocenters. The van der Waals surface area contributed by atoms with Crippen LogP contribution in [0.25, 0.3) is 0 Å². The van der Waals surface area contributed by atoms with Crippen LogP contribution in [0.1, 0.15) is 90.7 Å². The van der Waals surface area contributed by atoms with E-state index in [1.807, 2.05) is 6.07 Å². The van der Waals surface area contributed by atoms with E-state index in [2.05, 4.69) is 75.8 Å². The lowest BCUT2D eigenvalue weighted by molar-refractivity contribution is -0.176. The number of aliphatic hydroxyl groups excluding tert-OH is 2. The first-order valence-electron chi connectivity index (χ1n) is 20.5. The number of hydrogen-bond acceptors (Lipinski definition) is 7. The molecule has 0 spiro atoms. The Morgan fingerprint density at radius 2 is 1.35 bits per heavy atom. The maximum Gasteiger partial charge on any atom is 0.119 e. The largest absolute Gasteiger partial charge is 0.491 e. The molecule has 52 heavy (non-hydrogen) atoms. The number of benzene rings is 3. The molecule has 0 amide bonds. The van der Waals surface area contributed by atoms with E-state index in [-0.39, 0.29) is 5.60 Å². The zero-order chi connectivity index (χ0) is 35.1. The van der Waals surface area contributed by atoms with Crippen molar-refractivity contribution in [2.75, 3.05) is 39.4 Å². The Morgan fingerprint density at radius 3 is 2.08 bits per heavy atom. The molecule has 5 saturated carbocycles. The first-order chi connectivity index (χ1) is 25.4. The number of fused-ring (bicyclic) bond motifs is 2. The minimum Gasteiger partial charge on any atom is -0.491 e. The van der Waals surface area contributed by atoms with Crippen LogP contribution in [0.4, 0.5) is 0 Å². The van der Waals surface area contributed by atoms with Crippen molar-refractivity contribution < 1.29 is 19.7 Å². The van der Waals surface area contributed by atoms with Gasteiger partial charge in [0.2, 0.25) is 0 Å². The van der Waals surface area contributed by atoms with Gasteiger partial charge in [-0.15, -0.1) is 0 Å².